The van der Waals surface area contributed by atoms with Crippen LogP contribution in [-0.2, 0) is 4.74 Å². The summed E-state index contributed by atoms with van der Waals surface area (Å²) in [7, 11) is 1.35. The Bertz CT molecular complexity index is 549. The Labute approximate surface area is 105 Å². The van der Waals surface area contributed by atoms with E-state index in [9.17, 15) is 4.79 Å². The number of benzene rings is 1. The first-order valence-electron chi connectivity index (χ1n) is 5.38. The summed E-state index contributed by atoms with van der Waals surface area (Å²) in [5, 5.41) is 3.39. The molecule has 0 bridgehead atoms. The van der Waals surface area contributed by atoms with Crippen molar-refractivity contribution < 1.29 is 9.53 Å². The quantitative estimate of drug-likeness (QED) is 0.204. The number of ether oxygens (including phenoxy) is 1. The molecule has 18 heavy (non-hydrogen) atoms. The van der Waals surface area contributed by atoms with E-state index in [1.165, 1.54) is 7.11 Å². The molecule has 1 rings (SSSR count). The van der Waals surface area contributed by atoms with Crippen LogP contribution in [0.1, 0.15) is 27.9 Å². The molecule has 0 N–H and O–H groups in total. The maximum atomic E-state index is 11.5. The Morgan fingerprint density at radius 2 is 2.33 bits per heavy atom. The number of azide groups is 1. The second kappa shape index (κ2) is 7.00. The topological polar surface area (TPSA) is 75.1 Å². The maximum absolute atomic E-state index is 11.5. The summed E-state index contributed by atoms with van der Waals surface area (Å²) < 4.78 is 4.69. The first-order valence-corrected chi connectivity index (χ1v) is 5.38. The third kappa shape index (κ3) is 3.55. The van der Waals surface area contributed by atoms with Crippen LogP contribution in [0.25, 0.3) is 10.4 Å². The Morgan fingerprint density at radius 1 is 1.56 bits per heavy atom. The fraction of sp³-hybridized carbons (Fsp3) is 0.308. The van der Waals surface area contributed by atoms with Crippen molar-refractivity contribution in [2.75, 3.05) is 13.7 Å². The predicted molar refractivity (Wildman–Crippen MR) is 68.0 cm³/mol. The van der Waals surface area contributed by atoms with E-state index in [1.54, 1.807) is 12.1 Å². The summed E-state index contributed by atoms with van der Waals surface area (Å²) in [6.07, 6.45) is 0.492. The van der Waals surface area contributed by atoms with Crippen LogP contribution in [0.15, 0.2) is 23.3 Å². The molecular formula is C13H13N3O2. The van der Waals surface area contributed by atoms with E-state index in [1.807, 2.05) is 13.0 Å². The van der Waals surface area contributed by atoms with Crippen molar-refractivity contribution >= 4 is 5.97 Å². The van der Waals surface area contributed by atoms with Crippen LogP contribution in [-0.4, -0.2) is 19.6 Å². The summed E-state index contributed by atoms with van der Waals surface area (Å²) in [4.78, 5) is 14.1. The van der Waals surface area contributed by atoms with Gasteiger partial charge in [-0.1, -0.05) is 23.0 Å². The number of esters is 1. The standard InChI is InChI=1S/C13H13N3O2/c1-10-11(6-3-4-9-15-16-14)7-5-8-12(10)13(17)18-2/h5,7-8H,4,9H2,1-2H3. The number of carbonyl (C=O) groups excluding carboxylic acids is 1. The van der Waals surface area contributed by atoms with Gasteiger partial charge in [-0.3, -0.25) is 0 Å². The molecule has 92 valence electrons. The summed E-state index contributed by atoms with van der Waals surface area (Å²) in [5.41, 5.74) is 10.2. The molecule has 0 spiro atoms. The molecule has 5 nitrogen and oxygen atoms in total. The van der Waals surface area contributed by atoms with Crippen molar-refractivity contribution in [3.8, 4) is 11.8 Å². The second-order valence-corrected chi connectivity index (χ2v) is 3.48. The van der Waals surface area contributed by atoms with E-state index in [0.29, 0.717) is 18.5 Å². The van der Waals surface area contributed by atoms with Gasteiger partial charge in [-0.05, 0) is 30.2 Å². The number of hydrogen-bond donors (Lipinski definition) is 0. The fourth-order valence-electron chi connectivity index (χ4n) is 1.41. The highest BCUT2D eigenvalue weighted by Gasteiger charge is 2.10. The highest BCUT2D eigenvalue weighted by atomic mass is 16.5. The average molecular weight is 243 g/mol. The lowest BCUT2D eigenvalue weighted by molar-refractivity contribution is 0.0600. The average Bonchev–Trinajstić information content (AvgIpc) is 2.39. The number of nitrogens with zero attached hydrogens (tertiary/aromatic N) is 3. The molecule has 0 fully saturated rings. The van der Waals surface area contributed by atoms with Crippen molar-refractivity contribution in [2.45, 2.75) is 13.3 Å². The first-order chi connectivity index (χ1) is 8.70. The Kier molecular flexibility index (Phi) is 5.30. The van der Waals surface area contributed by atoms with Gasteiger partial charge in [0.25, 0.3) is 0 Å². The highest BCUT2D eigenvalue weighted by Crippen LogP contribution is 2.13. The van der Waals surface area contributed by atoms with E-state index in [-0.39, 0.29) is 5.97 Å². The molecular weight excluding hydrogens is 230 g/mol. The summed E-state index contributed by atoms with van der Waals surface area (Å²) in [5.74, 6) is 5.47. The molecule has 1 aromatic rings. The van der Waals surface area contributed by atoms with Gasteiger partial charge < -0.3 is 4.74 Å². The molecule has 1 aromatic carbocycles. The van der Waals surface area contributed by atoms with Crippen molar-refractivity contribution in [2.24, 2.45) is 5.11 Å². The lowest BCUT2D eigenvalue weighted by atomic mass is 10.0. The van der Waals surface area contributed by atoms with Crippen LogP contribution in [0, 0.1) is 18.8 Å². The largest absolute Gasteiger partial charge is 0.465 e. The minimum atomic E-state index is -0.370. The smallest absolute Gasteiger partial charge is 0.338 e. The molecule has 0 saturated heterocycles. The second-order valence-electron chi connectivity index (χ2n) is 3.48. The van der Waals surface area contributed by atoms with Crippen LogP contribution in [0.2, 0.25) is 0 Å². The molecule has 0 aliphatic heterocycles. The van der Waals surface area contributed by atoms with Crippen molar-refractivity contribution in [3.05, 3.63) is 45.3 Å². The Hall–Kier alpha value is -2.44. The molecule has 5 heteroatoms. The van der Waals surface area contributed by atoms with Crippen molar-refractivity contribution in [1.82, 2.24) is 0 Å². The summed E-state index contributed by atoms with van der Waals surface area (Å²) in [6.45, 7) is 2.17. The molecule has 0 heterocycles. The fourth-order valence-corrected chi connectivity index (χ4v) is 1.41. The van der Waals surface area contributed by atoms with Gasteiger partial charge in [0.15, 0.2) is 0 Å². The van der Waals surface area contributed by atoms with Gasteiger partial charge in [0.05, 0.1) is 12.7 Å². The summed E-state index contributed by atoms with van der Waals surface area (Å²) >= 11 is 0. The monoisotopic (exact) mass is 243 g/mol. The molecule has 0 saturated carbocycles. The van der Waals surface area contributed by atoms with Gasteiger partial charge in [-0.15, -0.1) is 0 Å². The lowest BCUT2D eigenvalue weighted by Crippen LogP contribution is -2.04. The van der Waals surface area contributed by atoms with Crippen molar-refractivity contribution in [3.63, 3.8) is 0 Å². The summed E-state index contributed by atoms with van der Waals surface area (Å²) in [6, 6.07) is 5.30. The zero-order valence-corrected chi connectivity index (χ0v) is 10.3. The van der Waals surface area contributed by atoms with Gasteiger partial charge in [-0.25, -0.2) is 4.79 Å². The molecule has 0 amide bonds. The van der Waals surface area contributed by atoms with E-state index in [4.69, 9.17) is 5.53 Å². The normalized spacial score (nSPS) is 8.78. The van der Waals surface area contributed by atoms with E-state index < -0.39 is 0 Å². The van der Waals surface area contributed by atoms with Gasteiger partial charge >= 0.3 is 5.97 Å². The van der Waals surface area contributed by atoms with Gasteiger partial charge in [0.1, 0.15) is 0 Å². The van der Waals surface area contributed by atoms with E-state index >= 15 is 0 Å². The van der Waals surface area contributed by atoms with E-state index in [0.717, 1.165) is 11.1 Å². The predicted octanol–water partition coefficient (Wildman–Crippen LogP) is 2.83. The van der Waals surface area contributed by atoms with Crippen LogP contribution >= 0.6 is 0 Å². The van der Waals surface area contributed by atoms with Gasteiger partial charge in [-0.2, -0.15) is 0 Å². The van der Waals surface area contributed by atoms with E-state index in [2.05, 4.69) is 26.6 Å². The molecule has 0 aromatic heterocycles. The van der Waals surface area contributed by atoms with Crippen LogP contribution < -0.4 is 0 Å². The van der Waals surface area contributed by atoms with Crippen LogP contribution in [0.3, 0.4) is 0 Å². The van der Waals surface area contributed by atoms with Gasteiger partial charge in [0.2, 0.25) is 0 Å². The number of methoxy groups -OCH3 is 1. The third-order valence-electron chi connectivity index (χ3n) is 2.36. The number of carbonyl (C=O) groups is 1. The lowest BCUT2D eigenvalue weighted by Gasteiger charge is -2.05. The third-order valence-corrected chi connectivity index (χ3v) is 2.36. The molecule has 0 atom stereocenters. The Morgan fingerprint density at radius 3 is 3.00 bits per heavy atom. The van der Waals surface area contributed by atoms with Crippen LogP contribution in [0.4, 0.5) is 0 Å². The molecule has 0 radical (unpaired) electrons. The van der Waals surface area contributed by atoms with Crippen LogP contribution in [0.5, 0.6) is 0 Å². The van der Waals surface area contributed by atoms with Crippen molar-refractivity contribution in [1.29, 1.82) is 0 Å². The maximum Gasteiger partial charge on any atom is 0.338 e. The zero-order chi connectivity index (χ0) is 13.4. The Balaban J connectivity index is 2.90. The molecule has 0 unspecified atom stereocenters. The number of hydrogen-bond acceptors (Lipinski definition) is 3. The highest BCUT2D eigenvalue weighted by molar-refractivity contribution is 5.91. The molecule has 0 aliphatic rings. The first kappa shape index (κ1) is 13.6. The minimum absolute atomic E-state index is 0.346. The minimum Gasteiger partial charge on any atom is -0.465 e. The van der Waals surface area contributed by atoms with Gasteiger partial charge in [0, 0.05) is 23.4 Å². The molecule has 0 aliphatic carbocycles. The zero-order valence-electron chi connectivity index (χ0n) is 10.3. The number of rotatable bonds is 3. The SMILES string of the molecule is COC(=O)c1cccc(C#CCCN=[N+]=[N-])c1C.